The fourth-order valence-corrected chi connectivity index (χ4v) is 2.30. The summed E-state index contributed by atoms with van der Waals surface area (Å²) in [5, 5.41) is 3.48. The van der Waals surface area contributed by atoms with Crippen molar-refractivity contribution in [1.29, 1.82) is 0 Å². The predicted octanol–water partition coefficient (Wildman–Crippen LogP) is 4.71. The van der Waals surface area contributed by atoms with Crippen molar-refractivity contribution in [3.05, 3.63) is 78.4 Å². The van der Waals surface area contributed by atoms with Gasteiger partial charge in [-0.05, 0) is 30.9 Å². The maximum Gasteiger partial charge on any atom is 0.123 e. The van der Waals surface area contributed by atoms with Gasteiger partial charge in [0.15, 0.2) is 0 Å². The highest BCUT2D eigenvalue weighted by atomic mass is 16.5. The van der Waals surface area contributed by atoms with Crippen LogP contribution < -0.4 is 10.1 Å². The molecule has 2 rings (SSSR count). The average Bonchev–Trinajstić information content (AvgIpc) is 2.57. The zero-order valence-electron chi connectivity index (χ0n) is 13.1. The largest absolute Gasteiger partial charge is 0.493 e. The molecule has 2 heteroatoms. The summed E-state index contributed by atoms with van der Waals surface area (Å²) in [6.45, 7) is 6.19. The maximum atomic E-state index is 5.91. The van der Waals surface area contributed by atoms with Crippen LogP contribution in [0.2, 0.25) is 0 Å². The lowest BCUT2D eigenvalue weighted by atomic mass is 10.2. The van der Waals surface area contributed by atoms with Crippen LogP contribution >= 0.6 is 0 Å². The highest BCUT2D eigenvalue weighted by molar-refractivity contribution is 5.33. The molecule has 0 atom stereocenters. The van der Waals surface area contributed by atoms with Crippen LogP contribution in [0.15, 0.2) is 67.3 Å². The standard InChI is InChI=1S/C20H25NO/c1-2-3-4-10-15-22-20-14-9-8-13-19(20)17-21-16-18-11-6-5-7-12-18/h2,5-9,11-14,21H,1,3-4,10,15-17H2. The minimum absolute atomic E-state index is 0.767. The molecule has 0 aliphatic rings. The smallest absolute Gasteiger partial charge is 0.123 e. The van der Waals surface area contributed by atoms with Gasteiger partial charge < -0.3 is 10.1 Å². The maximum absolute atomic E-state index is 5.91. The first kappa shape index (κ1) is 16.3. The van der Waals surface area contributed by atoms with Gasteiger partial charge in [-0.25, -0.2) is 0 Å². The lowest BCUT2D eigenvalue weighted by molar-refractivity contribution is 0.303. The number of benzene rings is 2. The topological polar surface area (TPSA) is 21.3 Å². The molecule has 0 aliphatic heterocycles. The molecule has 0 bridgehead atoms. The Bertz CT molecular complexity index is 551. The van der Waals surface area contributed by atoms with Crippen LogP contribution in [0.25, 0.3) is 0 Å². The van der Waals surface area contributed by atoms with E-state index in [9.17, 15) is 0 Å². The second-order valence-corrected chi connectivity index (χ2v) is 5.33. The quantitative estimate of drug-likeness (QED) is 0.506. The van der Waals surface area contributed by atoms with Crippen molar-refractivity contribution in [2.24, 2.45) is 0 Å². The predicted molar refractivity (Wildman–Crippen MR) is 93.0 cm³/mol. The van der Waals surface area contributed by atoms with Crippen LogP contribution in [0.4, 0.5) is 0 Å². The van der Waals surface area contributed by atoms with Crippen LogP contribution in [0.3, 0.4) is 0 Å². The normalized spacial score (nSPS) is 10.4. The molecule has 0 saturated heterocycles. The highest BCUT2D eigenvalue weighted by Gasteiger charge is 2.02. The van der Waals surface area contributed by atoms with Gasteiger partial charge in [-0.15, -0.1) is 6.58 Å². The van der Waals surface area contributed by atoms with E-state index in [2.05, 4.69) is 48.3 Å². The molecule has 116 valence electrons. The van der Waals surface area contributed by atoms with Gasteiger partial charge in [-0.1, -0.05) is 54.6 Å². The molecule has 0 heterocycles. The third kappa shape index (κ3) is 5.74. The second kappa shape index (κ2) is 9.80. The molecule has 0 aromatic heterocycles. The number of hydrogen-bond donors (Lipinski definition) is 1. The summed E-state index contributed by atoms with van der Waals surface area (Å²) in [5.41, 5.74) is 2.51. The highest BCUT2D eigenvalue weighted by Crippen LogP contribution is 2.18. The first-order valence-electron chi connectivity index (χ1n) is 7.96. The van der Waals surface area contributed by atoms with Crippen molar-refractivity contribution < 1.29 is 4.74 Å². The summed E-state index contributed by atoms with van der Waals surface area (Å²) >= 11 is 0. The van der Waals surface area contributed by atoms with Crippen molar-refractivity contribution >= 4 is 0 Å². The SMILES string of the molecule is C=CCCCCOc1ccccc1CNCc1ccccc1. The molecule has 0 amide bonds. The molecule has 0 saturated carbocycles. The Morgan fingerprint density at radius 3 is 2.50 bits per heavy atom. The molecular formula is C20H25NO. The van der Waals surface area contributed by atoms with Crippen molar-refractivity contribution in [2.45, 2.75) is 32.4 Å². The zero-order valence-corrected chi connectivity index (χ0v) is 13.1. The third-order valence-electron chi connectivity index (χ3n) is 3.52. The zero-order chi connectivity index (χ0) is 15.5. The summed E-state index contributed by atoms with van der Waals surface area (Å²) < 4.78 is 5.91. The molecule has 0 fully saturated rings. The molecule has 1 N–H and O–H groups in total. The fourth-order valence-electron chi connectivity index (χ4n) is 2.30. The lowest BCUT2D eigenvalue weighted by Crippen LogP contribution is -2.13. The number of nitrogens with one attached hydrogen (secondary N) is 1. The average molecular weight is 295 g/mol. The van der Waals surface area contributed by atoms with E-state index < -0.39 is 0 Å². The van der Waals surface area contributed by atoms with Crippen LogP contribution in [-0.4, -0.2) is 6.61 Å². The Labute approximate surface area is 133 Å². The molecule has 22 heavy (non-hydrogen) atoms. The Morgan fingerprint density at radius 1 is 0.909 bits per heavy atom. The minimum Gasteiger partial charge on any atom is -0.493 e. The summed E-state index contributed by atoms with van der Waals surface area (Å²) in [6.07, 6.45) is 5.22. The fraction of sp³-hybridized carbons (Fsp3) is 0.300. The van der Waals surface area contributed by atoms with Gasteiger partial charge in [0.05, 0.1) is 6.61 Å². The van der Waals surface area contributed by atoms with E-state index in [-0.39, 0.29) is 0 Å². The van der Waals surface area contributed by atoms with Gasteiger partial charge in [0, 0.05) is 18.7 Å². The molecular weight excluding hydrogens is 270 g/mol. The number of hydrogen-bond acceptors (Lipinski definition) is 2. The summed E-state index contributed by atoms with van der Waals surface area (Å²) in [7, 11) is 0. The molecule has 0 spiro atoms. The lowest BCUT2D eigenvalue weighted by Gasteiger charge is -2.12. The number of unbranched alkanes of at least 4 members (excludes halogenated alkanes) is 2. The Balaban J connectivity index is 1.79. The van der Waals surface area contributed by atoms with Gasteiger partial charge in [0.2, 0.25) is 0 Å². The molecule has 2 aromatic carbocycles. The number of rotatable bonds is 10. The van der Waals surface area contributed by atoms with Crippen molar-refractivity contribution in [3.8, 4) is 5.75 Å². The second-order valence-electron chi connectivity index (χ2n) is 5.33. The summed E-state index contributed by atoms with van der Waals surface area (Å²) in [6, 6.07) is 18.7. The van der Waals surface area contributed by atoms with Crippen LogP contribution in [-0.2, 0) is 13.1 Å². The monoisotopic (exact) mass is 295 g/mol. The van der Waals surface area contributed by atoms with Gasteiger partial charge in [0.25, 0.3) is 0 Å². The molecule has 2 nitrogen and oxygen atoms in total. The number of para-hydroxylation sites is 1. The van der Waals surface area contributed by atoms with Crippen LogP contribution in [0, 0.1) is 0 Å². The molecule has 0 unspecified atom stereocenters. The molecule has 0 radical (unpaired) electrons. The van der Waals surface area contributed by atoms with Gasteiger partial charge in [-0.3, -0.25) is 0 Å². The van der Waals surface area contributed by atoms with E-state index in [0.717, 1.165) is 44.7 Å². The Kier molecular flexibility index (Phi) is 7.27. The van der Waals surface area contributed by atoms with E-state index >= 15 is 0 Å². The van der Waals surface area contributed by atoms with Crippen molar-refractivity contribution in [2.75, 3.05) is 6.61 Å². The van der Waals surface area contributed by atoms with Crippen LogP contribution in [0.1, 0.15) is 30.4 Å². The van der Waals surface area contributed by atoms with E-state index in [1.807, 2.05) is 24.3 Å². The summed E-state index contributed by atoms with van der Waals surface area (Å²) in [5.74, 6) is 0.988. The van der Waals surface area contributed by atoms with Crippen molar-refractivity contribution in [1.82, 2.24) is 5.32 Å². The van der Waals surface area contributed by atoms with E-state index in [0.29, 0.717) is 0 Å². The van der Waals surface area contributed by atoms with Gasteiger partial charge in [-0.2, -0.15) is 0 Å². The van der Waals surface area contributed by atoms with E-state index in [1.54, 1.807) is 0 Å². The third-order valence-corrected chi connectivity index (χ3v) is 3.52. The number of ether oxygens (including phenoxy) is 1. The van der Waals surface area contributed by atoms with Crippen LogP contribution in [0.5, 0.6) is 5.75 Å². The molecule has 2 aromatic rings. The Hall–Kier alpha value is -2.06. The van der Waals surface area contributed by atoms with Gasteiger partial charge >= 0.3 is 0 Å². The van der Waals surface area contributed by atoms with E-state index in [1.165, 1.54) is 11.1 Å². The van der Waals surface area contributed by atoms with E-state index in [4.69, 9.17) is 4.74 Å². The first-order chi connectivity index (χ1) is 10.9. The van der Waals surface area contributed by atoms with Gasteiger partial charge in [0.1, 0.15) is 5.75 Å². The summed E-state index contributed by atoms with van der Waals surface area (Å²) in [4.78, 5) is 0. The number of allylic oxidation sites excluding steroid dienone is 1. The molecule has 0 aliphatic carbocycles. The minimum atomic E-state index is 0.767. The Morgan fingerprint density at radius 2 is 1.68 bits per heavy atom. The first-order valence-corrected chi connectivity index (χ1v) is 7.96. The van der Waals surface area contributed by atoms with Crippen molar-refractivity contribution in [3.63, 3.8) is 0 Å².